The molecule has 0 aromatic rings. The van der Waals surface area contributed by atoms with Gasteiger partial charge in [0.05, 0.1) is 12.6 Å². The van der Waals surface area contributed by atoms with E-state index in [1.54, 1.807) is 4.90 Å². The molecule has 2 heterocycles. The minimum atomic E-state index is -0.486. The fraction of sp³-hybridized carbons (Fsp3) is 0.933. The number of fused-ring (bicyclic) bond motifs is 3. The summed E-state index contributed by atoms with van der Waals surface area (Å²) in [4.78, 5) is 14.0. The first kappa shape index (κ1) is 14.1. The van der Waals surface area contributed by atoms with Gasteiger partial charge in [-0.1, -0.05) is 0 Å². The molecule has 2 aliphatic heterocycles. The highest BCUT2D eigenvalue weighted by Crippen LogP contribution is 2.69. The van der Waals surface area contributed by atoms with Gasteiger partial charge in [-0.3, -0.25) is 0 Å². The topological polar surface area (TPSA) is 59.0 Å². The Balaban J connectivity index is 1.68. The van der Waals surface area contributed by atoms with Crippen molar-refractivity contribution < 1.29 is 19.4 Å². The molecular formula is C15H25NO4. The summed E-state index contributed by atoms with van der Waals surface area (Å²) in [6.07, 6.45) is 1.85. The number of rotatable bonds is 1. The fourth-order valence-electron chi connectivity index (χ4n) is 4.30. The summed E-state index contributed by atoms with van der Waals surface area (Å²) in [5.74, 6) is 0.958. The number of carbonyl (C=O) groups is 1. The van der Waals surface area contributed by atoms with Gasteiger partial charge in [-0.05, 0) is 50.9 Å². The molecule has 0 bridgehead atoms. The van der Waals surface area contributed by atoms with Crippen LogP contribution in [0, 0.1) is 17.3 Å². The zero-order valence-electron chi connectivity index (χ0n) is 12.6. The molecule has 0 radical (unpaired) electrons. The first-order valence-corrected chi connectivity index (χ1v) is 7.57. The summed E-state index contributed by atoms with van der Waals surface area (Å²) in [6, 6.07) is -0.0760. The molecule has 3 aliphatic rings. The monoisotopic (exact) mass is 283 g/mol. The molecule has 1 N–H and O–H groups in total. The zero-order valence-corrected chi connectivity index (χ0v) is 12.6. The molecule has 2 saturated heterocycles. The Labute approximate surface area is 120 Å². The van der Waals surface area contributed by atoms with Gasteiger partial charge in [-0.2, -0.15) is 0 Å². The van der Waals surface area contributed by atoms with E-state index in [1.165, 1.54) is 0 Å². The molecule has 5 heteroatoms. The second kappa shape index (κ2) is 4.60. The van der Waals surface area contributed by atoms with Crippen LogP contribution in [0.15, 0.2) is 0 Å². The normalized spacial score (nSPS) is 35.0. The summed E-state index contributed by atoms with van der Waals surface area (Å²) < 4.78 is 10.9. The number of hydrogen-bond donors (Lipinski definition) is 1. The lowest BCUT2D eigenvalue weighted by Gasteiger charge is -2.35. The van der Waals surface area contributed by atoms with Crippen LogP contribution < -0.4 is 0 Å². The maximum atomic E-state index is 12.2. The number of amides is 1. The number of likely N-dealkylation sites (tertiary alicyclic amines) is 1. The molecule has 1 saturated carbocycles. The third-order valence-electron chi connectivity index (χ3n) is 5.17. The Kier molecular flexibility index (Phi) is 3.25. The van der Waals surface area contributed by atoms with Crippen LogP contribution in [0.25, 0.3) is 0 Å². The van der Waals surface area contributed by atoms with Crippen molar-refractivity contribution in [3.8, 4) is 0 Å². The molecule has 1 aliphatic carbocycles. The van der Waals surface area contributed by atoms with E-state index in [9.17, 15) is 9.90 Å². The van der Waals surface area contributed by atoms with Crippen molar-refractivity contribution in [1.29, 1.82) is 0 Å². The number of carbonyl (C=O) groups excluding carboxylic acids is 1. The van der Waals surface area contributed by atoms with Gasteiger partial charge in [0.2, 0.25) is 0 Å². The predicted octanol–water partition coefficient (Wildman–Crippen LogP) is 1.64. The van der Waals surface area contributed by atoms with Crippen molar-refractivity contribution in [2.75, 3.05) is 26.4 Å². The van der Waals surface area contributed by atoms with Gasteiger partial charge >= 0.3 is 6.09 Å². The van der Waals surface area contributed by atoms with E-state index in [-0.39, 0.29) is 18.7 Å². The van der Waals surface area contributed by atoms with E-state index in [0.717, 1.165) is 32.6 Å². The molecule has 0 unspecified atom stereocenters. The SMILES string of the molecule is CC(C)(C)OC(=O)N1C[C@H]2[C@@H]([C@H]1CO)C21CCOCC1. The molecule has 5 nitrogen and oxygen atoms in total. The summed E-state index contributed by atoms with van der Waals surface area (Å²) in [6.45, 7) is 8.00. The summed E-state index contributed by atoms with van der Waals surface area (Å²) in [7, 11) is 0. The number of aliphatic hydroxyl groups is 1. The van der Waals surface area contributed by atoms with Crippen LogP contribution in [-0.2, 0) is 9.47 Å². The average Bonchev–Trinajstić information content (AvgIpc) is 2.80. The third kappa shape index (κ3) is 2.11. The van der Waals surface area contributed by atoms with Crippen LogP contribution >= 0.6 is 0 Å². The maximum Gasteiger partial charge on any atom is 0.410 e. The van der Waals surface area contributed by atoms with Gasteiger partial charge < -0.3 is 19.5 Å². The first-order chi connectivity index (χ1) is 9.39. The summed E-state index contributed by atoms with van der Waals surface area (Å²) >= 11 is 0. The molecule has 3 rings (SSSR count). The van der Waals surface area contributed by atoms with Crippen LogP contribution in [0.4, 0.5) is 4.79 Å². The molecule has 1 amide bonds. The number of aliphatic hydroxyl groups excluding tert-OH is 1. The molecule has 114 valence electrons. The third-order valence-corrected chi connectivity index (χ3v) is 5.17. The second-order valence-corrected chi connectivity index (χ2v) is 7.36. The number of piperidine rings is 1. The maximum absolute atomic E-state index is 12.2. The van der Waals surface area contributed by atoms with Gasteiger partial charge in [-0.25, -0.2) is 4.79 Å². The Morgan fingerprint density at radius 1 is 1.40 bits per heavy atom. The Morgan fingerprint density at radius 3 is 2.60 bits per heavy atom. The minimum Gasteiger partial charge on any atom is -0.444 e. The van der Waals surface area contributed by atoms with Gasteiger partial charge in [0, 0.05) is 19.8 Å². The highest BCUT2D eigenvalue weighted by Gasteiger charge is 2.72. The van der Waals surface area contributed by atoms with Gasteiger partial charge in [0.15, 0.2) is 0 Å². The van der Waals surface area contributed by atoms with Crippen molar-refractivity contribution in [1.82, 2.24) is 4.90 Å². The lowest BCUT2D eigenvalue weighted by Crippen LogP contribution is -2.46. The highest BCUT2D eigenvalue weighted by atomic mass is 16.6. The van der Waals surface area contributed by atoms with Gasteiger partial charge in [-0.15, -0.1) is 0 Å². The van der Waals surface area contributed by atoms with Crippen LogP contribution in [-0.4, -0.2) is 54.1 Å². The molecule has 0 aromatic heterocycles. The first-order valence-electron chi connectivity index (χ1n) is 7.57. The Hall–Kier alpha value is -0.810. The van der Waals surface area contributed by atoms with E-state index in [2.05, 4.69) is 0 Å². The van der Waals surface area contributed by atoms with Crippen molar-refractivity contribution in [2.24, 2.45) is 17.3 Å². The van der Waals surface area contributed by atoms with E-state index >= 15 is 0 Å². The smallest absolute Gasteiger partial charge is 0.410 e. The van der Waals surface area contributed by atoms with E-state index in [1.807, 2.05) is 20.8 Å². The minimum absolute atomic E-state index is 0.0308. The summed E-state index contributed by atoms with van der Waals surface area (Å²) in [5, 5.41) is 9.71. The molecule has 3 fully saturated rings. The molecule has 20 heavy (non-hydrogen) atoms. The lowest BCUT2D eigenvalue weighted by atomic mass is 9.88. The quantitative estimate of drug-likeness (QED) is 0.795. The highest BCUT2D eigenvalue weighted by molar-refractivity contribution is 5.69. The number of nitrogens with zero attached hydrogens (tertiary/aromatic N) is 1. The molecule has 3 atom stereocenters. The predicted molar refractivity (Wildman–Crippen MR) is 73.3 cm³/mol. The van der Waals surface area contributed by atoms with Crippen molar-refractivity contribution in [2.45, 2.75) is 45.3 Å². The molecule has 1 spiro atoms. The Morgan fingerprint density at radius 2 is 2.05 bits per heavy atom. The van der Waals surface area contributed by atoms with Crippen LogP contribution in [0.5, 0.6) is 0 Å². The second-order valence-electron chi connectivity index (χ2n) is 7.36. The Bertz CT molecular complexity index is 397. The van der Waals surface area contributed by atoms with Gasteiger partial charge in [0.1, 0.15) is 5.60 Å². The average molecular weight is 283 g/mol. The largest absolute Gasteiger partial charge is 0.444 e. The summed E-state index contributed by atoms with van der Waals surface area (Å²) in [5.41, 5.74) is -0.162. The van der Waals surface area contributed by atoms with Crippen LogP contribution in [0.1, 0.15) is 33.6 Å². The van der Waals surface area contributed by atoms with Gasteiger partial charge in [0.25, 0.3) is 0 Å². The molecule has 0 aromatic carbocycles. The zero-order chi connectivity index (χ0) is 14.5. The van der Waals surface area contributed by atoms with Crippen molar-refractivity contribution in [3.63, 3.8) is 0 Å². The van der Waals surface area contributed by atoms with Crippen LogP contribution in [0.3, 0.4) is 0 Å². The van der Waals surface area contributed by atoms with E-state index in [0.29, 0.717) is 17.3 Å². The standard InChI is InChI=1S/C15H25NO4/c1-14(2,3)20-13(18)16-8-10-12(11(16)9-17)15(10)4-6-19-7-5-15/h10-12,17H,4-9H2,1-3H3/t10-,11+,12-/m0/s1. The number of hydrogen-bond acceptors (Lipinski definition) is 4. The van der Waals surface area contributed by atoms with Crippen molar-refractivity contribution >= 4 is 6.09 Å². The lowest BCUT2D eigenvalue weighted by molar-refractivity contribution is -0.00461. The van der Waals surface area contributed by atoms with E-state index < -0.39 is 5.60 Å². The number of ether oxygens (including phenoxy) is 2. The van der Waals surface area contributed by atoms with Crippen LogP contribution in [0.2, 0.25) is 0 Å². The molecular weight excluding hydrogens is 258 g/mol. The van der Waals surface area contributed by atoms with E-state index in [4.69, 9.17) is 9.47 Å². The van der Waals surface area contributed by atoms with Crippen molar-refractivity contribution in [3.05, 3.63) is 0 Å². The fourth-order valence-corrected chi connectivity index (χ4v) is 4.30.